The summed E-state index contributed by atoms with van der Waals surface area (Å²) in [6, 6.07) is 8.99. The van der Waals surface area contributed by atoms with Crippen LogP contribution in [0.4, 0.5) is 11.5 Å². The van der Waals surface area contributed by atoms with E-state index in [0.717, 1.165) is 15.7 Å². The fourth-order valence-corrected chi connectivity index (χ4v) is 2.26. The second-order valence-corrected chi connectivity index (χ2v) is 5.55. The Labute approximate surface area is 137 Å². The van der Waals surface area contributed by atoms with Crippen LogP contribution in [0.5, 0.6) is 0 Å². The number of nitrogens with one attached hydrogen (secondary N) is 2. The van der Waals surface area contributed by atoms with Crippen molar-refractivity contribution in [2.75, 3.05) is 30.9 Å². The summed E-state index contributed by atoms with van der Waals surface area (Å²) in [4.78, 5) is 12.2. The third-order valence-corrected chi connectivity index (χ3v) is 3.44. The van der Waals surface area contributed by atoms with E-state index in [1.165, 1.54) is 0 Å². The molecule has 0 unspecified atom stereocenters. The van der Waals surface area contributed by atoms with Crippen molar-refractivity contribution in [2.24, 2.45) is 0 Å². The van der Waals surface area contributed by atoms with Gasteiger partial charge in [0.1, 0.15) is 5.82 Å². The molecule has 1 amide bonds. The average Bonchev–Trinajstić information content (AvgIpc) is 2.51. The molecule has 1 heterocycles. The van der Waals surface area contributed by atoms with Crippen LogP contribution in [-0.2, 0) is 4.74 Å². The number of aryl methyl sites for hydroxylation is 1. The van der Waals surface area contributed by atoms with Crippen LogP contribution >= 0.6 is 15.9 Å². The number of ether oxygens (including phenoxy) is 1. The second-order valence-electron chi connectivity index (χ2n) is 4.64. The van der Waals surface area contributed by atoms with Crippen molar-refractivity contribution in [1.29, 1.82) is 0 Å². The van der Waals surface area contributed by atoms with E-state index in [0.29, 0.717) is 19.0 Å². The third kappa shape index (κ3) is 4.51. The zero-order valence-corrected chi connectivity index (χ0v) is 14.0. The quantitative estimate of drug-likeness (QED) is 0.770. The number of hydrogen-bond donors (Lipinski definition) is 2. The summed E-state index contributed by atoms with van der Waals surface area (Å²) < 4.78 is 5.90. The fraction of sp³-hybridized carbons (Fsp3) is 0.267. The van der Waals surface area contributed by atoms with Gasteiger partial charge in [-0.25, -0.2) is 0 Å². The summed E-state index contributed by atoms with van der Waals surface area (Å²) in [6.45, 7) is 3.14. The summed E-state index contributed by atoms with van der Waals surface area (Å²) in [5.74, 6) is 0.315. The molecule has 2 N–H and O–H groups in total. The molecule has 0 spiro atoms. The van der Waals surface area contributed by atoms with E-state index < -0.39 is 0 Å². The van der Waals surface area contributed by atoms with Crippen molar-refractivity contribution < 1.29 is 9.53 Å². The number of amides is 1. The van der Waals surface area contributed by atoms with Crippen molar-refractivity contribution in [2.45, 2.75) is 6.92 Å². The number of carbonyl (C=O) groups excluding carboxylic acids is 1. The van der Waals surface area contributed by atoms with Gasteiger partial charge < -0.3 is 15.4 Å². The van der Waals surface area contributed by atoms with Crippen molar-refractivity contribution in [3.63, 3.8) is 0 Å². The van der Waals surface area contributed by atoms with Crippen LogP contribution in [0.3, 0.4) is 0 Å². The minimum Gasteiger partial charge on any atom is -0.383 e. The number of nitrogens with zero attached hydrogens (tertiary/aromatic N) is 2. The van der Waals surface area contributed by atoms with Gasteiger partial charge in [-0.3, -0.25) is 4.79 Å². The lowest BCUT2D eigenvalue weighted by Gasteiger charge is -2.08. The van der Waals surface area contributed by atoms with E-state index in [9.17, 15) is 4.79 Å². The Hall–Kier alpha value is -1.99. The summed E-state index contributed by atoms with van der Waals surface area (Å²) >= 11 is 3.39. The molecule has 0 fully saturated rings. The van der Waals surface area contributed by atoms with Crippen LogP contribution in [0.1, 0.15) is 16.1 Å². The zero-order valence-electron chi connectivity index (χ0n) is 12.4. The SMILES string of the molecule is COCCNc1ccc(C(=O)Nc2ccc(Br)cc2C)nn1. The molecule has 6 nitrogen and oxygen atoms in total. The monoisotopic (exact) mass is 364 g/mol. The molecule has 0 aliphatic carbocycles. The molecular weight excluding hydrogens is 348 g/mol. The van der Waals surface area contributed by atoms with E-state index in [-0.39, 0.29) is 11.6 Å². The van der Waals surface area contributed by atoms with E-state index in [2.05, 4.69) is 36.8 Å². The van der Waals surface area contributed by atoms with Crippen LogP contribution in [0.2, 0.25) is 0 Å². The minimum absolute atomic E-state index is 0.264. The van der Waals surface area contributed by atoms with Crippen LogP contribution in [0, 0.1) is 6.92 Å². The molecule has 7 heteroatoms. The molecule has 0 saturated heterocycles. The lowest BCUT2D eigenvalue weighted by atomic mass is 10.2. The van der Waals surface area contributed by atoms with Gasteiger partial charge in [0.25, 0.3) is 5.91 Å². The lowest BCUT2D eigenvalue weighted by Crippen LogP contribution is -2.16. The molecule has 2 rings (SSSR count). The molecule has 0 saturated carbocycles. The van der Waals surface area contributed by atoms with Crippen molar-refractivity contribution in [3.8, 4) is 0 Å². The molecule has 0 aliphatic rings. The highest BCUT2D eigenvalue weighted by atomic mass is 79.9. The van der Waals surface area contributed by atoms with Crippen LogP contribution < -0.4 is 10.6 Å². The predicted molar refractivity (Wildman–Crippen MR) is 89.2 cm³/mol. The van der Waals surface area contributed by atoms with Gasteiger partial charge in [-0.05, 0) is 42.8 Å². The van der Waals surface area contributed by atoms with Gasteiger partial charge in [-0.1, -0.05) is 15.9 Å². The number of carbonyl (C=O) groups is 1. The van der Waals surface area contributed by atoms with E-state index in [1.807, 2.05) is 25.1 Å². The first-order valence-electron chi connectivity index (χ1n) is 6.74. The molecule has 0 radical (unpaired) electrons. The number of rotatable bonds is 6. The van der Waals surface area contributed by atoms with Gasteiger partial charge in [0.2, 0.25) is 0 Å². The number of methoxy groups -OCH3 is 1. The molecule has 116 valence electrons. The number of hydrogen-bond acceptors (Lipinski definition) is 5. The van der Waals surface area contributed by atoms with Gasteiger partial charge in [0.15, 0.2) is 5.69 Å². The maximum Gasteiger partial charge on any atom is 0.276 e. The third-order valence-electron chi connectivity index (χ3n) is 2.95. The maximum atomic E-state index is 12.2. The zero-order chi connectivity index (χ0) is 15.9. The van der Waals surface area contributed by atoms with Gasteiger partial charge in [-0.15, -0.1) is 10.2 Å². The molecular formula is C15H17BrN4O2. The van der Waals surface area contributed by atoms with E-state index in [1.54, 1.807) is 19.2 Å². The minimum atomic E-state index is -0.290. The Kier molecular flexibility index (Phi) is 5.85. The second kappa shape index (κ2) is 7.86. The van der Waals surface area contributed by atoms with Crippen LogP contribution in [0.25, 0.3) is 0 Å². The maximum absolute atomic E-state index is 12.2. The Bertz CT molecular complexity index is 646. The first kappa shape index (κ1) is 16.4. The van der Waals surface area contributed by atoms with Crippen molar-refractivity contribution in [3.05, 3.63) is 46.1 Å². The largest absolute Gasteiger partial charge is 0.383 e. The first-order valence-corrected chi connectivity index (χ1v) is 7.53. The topological polar surface area (TPSA) is 76.1 Å². The standard InChI is InChI=1S/C15H17BrN4O2/c1-10-9-11(16)3-4-12(10)18-15(21)13-5-6-14(20-19-13)17-7-8-22-2/h3-6,9H,7-8H2,1-2H3,(H,17,20)(H,18,21). The predicted octanol–water partition coefficient (Wildman–Crippen LogP) is 2.86. The number of aromatic nitrogens is 2. The van der Waals surface area contributed by atoms with Gasteiger partial charge in [0, 0.05) is 23.8 Å². The Morgan fingerprint density at radius 2 is 2.09 bits per heavy atom. The van der Waals surface area contributed by atoms with Gasteiger partial charge in [-0.2, -0.15) is 0 Å². The fourth-order valence-electron chi connectivity index (χ4n) is 1.78. The normalized spacial score (nSPS) is 10.3. The summed E-state index contributed by atoms with van der Waals surface area (Å²) in [5, 5.41) is 13.8. The van der Waals surface area contributed by atoms with Crippen molar-refractivity contribution >= 4 is 33.3 Å². The Morgan fingerprint density at radius 3 is 2.73 bits per heavy atom. The number of halogens is 1. The summed E-state index contributed by atoms with van der Waals surface area (Å²) in [7, 11) is 1.63. The van der Waals surface area contributed by atoms with Gasteiger partial charge in [0.05, 0.1) is 6.61 Å². The number of anilines is 2. The van der Waals surface area contributed by atoms with Crippen LogP contribution in [-0.4, -0.2) is 36.4 Å². The number of benzene rings is 1. The Balaban J connectivity index is 2.00. The molecule has 0 atom stereocenters. The molecule has 1 aromatic heterocycles. The molecule has 2 aromatic rings. The summed E-state index contributed by atoms with van der Waals surface area (Å²) in [6.07, 6.45) is 0. The lowest BCUT2D eigenvalue weighted by molar-refractivity contribution is 0.102. The van der Waals surface area contributed by atoms with Crippen molar-refractivity contribution in [1.82, 2.24) is 10.2 Å². The highest BCUT2D eigenvalue weighted by Gasteiger charge is 2.10. The highest BCUT2D eigenvalue weighted by molar-refractivity contribution is 9.10. The molecule has 0 aliphatic heterocycles. The first-order chi connectivity index (χ1) is 10.6. The molecule has 1 aromatic carbocycles. The Morgan fingerprint density at radius 1 is 1.27 bits per heavy atom. The summed E-state index contributed by atoms with van der Waals surface area (Å²) in [5.41, 5.74) is 1.98. The van der Waals surface area contributed by atoms with Gasteiger partial charge >= 0.3 is 0 Å². The average molecular weight is 365 g/mol. The smallest absolute Gasteiger partial charge is 0.276 e. The van der Waals surface area contributed by atoms with Crippen LogP contribution in [0.15, 0.2) is 34.8 Å². The van der Waals surface area contributed by atoms with E-state index in [4.69, 9.17) is 4.74 Å². The van der Waals surface area contributed by atoms with E-state index >= 15 is 0 Å². The molecule has 22 heavy (non-hydrogen) atoms. The highest BCUT2D eigenvalue weighted by Crippen LogP contribution is 2.20. The molecule has 0 bridgehead atoms.